The summed E-state index contributed by atoms with van der Waals surface area (Å²) in [5.41, 5.74) is 5.20. The average Bonchev–Trinajstić information content (AvgIpc) is 2.42. The van der Waals surface area contributed by atoms with E-state index in [1.165, 1.54) is 6.42 Å². The van der Waals surface area contributed by atoms with Crippen molar-refractivity contribution < 1.29 is 14.7 Å². The minimum Gasteiger partial charge on any atom is -0.481 e. The highest BCUT2D eigenvalue weighted by atomic mass is 16.4. The minimum absolute atomic E-state index is 0.0220. The Hall–Kier alpha value is -1.10. The van der Waals surface area contributed by atoms with Crippen molar-refractivity contribution in [1.82, 2.24) is 5.32 Å². The van der Waals surface area contributed by atoms with Gasteiger partial charge in [0.05, 0.1) is 6.42 Å². The first kappa shape index (κ1) is 17.0. The maximum atomic E-state index is 12.0. The number of aliphatic carboxylic acids is 1. The summed E-state index contributed by atoms with van der Waals surface area (Å²) in [6, 6.07) is 0. The molecule has 0 saturated heterocycles. The zero-order valence-electron chi connectivity index (χ0n) is 12.5. The Bertz CT molecular complexity index is 325. The lowest BCUT2D eigenvalue weighted by molar-refractivity contribution is -0.141. The molecule has 20 heavy (non-hydrogen) atoms. The minimum atomic E-state index is -0.766. The second-order valence-corrected chi connectivity index (χ2v) is 6.18. The molecule has 1 rings (SSSR count). The Morgan fingerprint density at radius 1 is 1.30 bits per heavy atom. The molecule has 1 fully saturated rings. The molecule has 1 unspecified atom stereocenters. The third-order valence-corrected chi connectivity index (χ3v) is 4.37. The number of carbonyl (C=O) groups excluding carboxylic acids is 1. The van der Waals surface area contributed by atoms with Crippen molar-refractivity contribution in [1.29, 1.82) is 0 Å². The molecule has 0 aliphatic heterocycles. The van der Waals surface area contributed by atoms with Crippen LogP contribution < -0.4 is 11.1 Å². The molecule has 1 atom stereocenters. The third kappa shape index (κ3) is 5.49. The summed E-state index contributed by atoms with van der Waals surface area (Å²) in [5, 5.41) is 12.1. The molecule has 5 heteroatoms. The van der Waals surface area contributed by atoms with Crippen LogP contribution in [0.5, 0.6) is 0 Å². The fourth-order valence-electron chi connectivity index (χ4n) is 3.04. The van der Waals surface area contributed by atoms with E-state index in [2.05, 4.69) is 5.32 Å². The Morgan fingerprint density at radius 2 is 1.95 bits per heavy atom. The molecule has 1 aliphatic rings. The summed E-state index contributed by atoms with van der Waals surface area (Å²) in [6.07, 6.45) is 6.88. The number of nitrogens with one attached hydrogen (secondary N) is 1. The highest BCUT2D eigenvalue weighted by Gasteiger charge is 2.34. The van der Waals surface area contributed by atoms with E-state index in [0.29, 0.717) is 13.1 Å². The van der Waals surface area contributed by atoms with Gasteiger partial charge >= 0.3 is 5.97 Å². The van der Waals surface area contributed by atoms with E-state index in [9.17, 15) is 9.59 Å². The standard InChI is InChI=1S/C15H28N2O3/c1-12(6-5-9-16)14(20)17-11-15(10-13(18)19)7-3-2-4-8-15/h12H,2-11,16H2,1H3,(H,17,20)(H,18,19). The van der Waals surface area contributed by atoms with E-state index in [0.717, 1.165) is 38.5 Å². The molecule has 0 aromatic rings. The molecule has 1 aliphatic carbocycles. The van der Waals surface area contributed by atoms with Crippen LogP contribution in [0.25, 0.3) is 0 Å². The number of hydrogen-bond donors (Lipinski definition) is 3. The van der Waals surface area contributed by atoms with Gasteiger partial charge in [0.25, 0.3) is 0 Å². The maximum absolute atomic E-state index is 12.0. The Balaban J connectivity index is 2.49. The summed E-state index contributed by atoms with van der Waals surface area (Å²) in [6.45, 7) is 2.99. The fraction of sp³-hybridized carbons (Fsp3) is 0.867. The molecule has 0 spiro atoms. The van der Waals surface area contributed by atoms with E-state index in [-0.39, 0.29) is 23.7 Å². The maximum Gasteiger partial charge on any atom is 0.303 e. The van der Waals surface area contributed by atoms with Crippen molar-refractivity contribution in [2.24, 2.45) is 17.1 Å². The molecular weight excluding hydrogens is 256 g/mol. The number of hydrogen-bond acceptors (Lipinski definition) is 3. The monoisotopic (exact) mass is 284 g/mol. The topological polar surface area (TPSA) is 92.4 Å². The van der Waals surface area contributed by atoms with Crippen LogP contribution >= 0.6 is 0 Å². The van der Waals surface area contributed by atoms with Crippen LogP contribution in [-0.4, -0.2) is 30.1 Å². The van der Waals surface area contributed by atoms with Gasteiger partial charge < -0.3 is 16.2 Å². The van der Waals surface area contributed by atoms with Gasteiger partial charge in [0.15, 0.2) is 0 Å². The van der Waals surface area contributed by atoms with Crippen molar-refractivity contribution in [2.75, 3.05) is 13.1 Å². The summed E-state index contributed by atoms with van der Waals surface area (Å²) < 4.78 is 0. The van der Waals surface area contributed by atoms with Gasteiger partial charge in [-0.1, -0.05) is 26.2 Å². The highest BCUT2D eigenvalue weighted by molar-refractivity contribution is 5.78. The zero-order chi connectivity index (χ0) is 15.0. The number of rotatable bonds is 8. The lowest BCUT2D eigenvalue weighted by Gasteiger charge is -2.36. The van der Waals surface area contributed by atoms with Gasteiger partial charge in [-0.3, -0.25) is 9.59 Å². The first-order valence-electron chi connectivity index (χ1n) is 7.69. The summed E-state index contributed by atoms with van der Waals surface area (Å²) in [5.74, 6) is -0.796. The van der Waals surface area contributed by atoms with Gasteiger partial charge in [0, 0.05) is 12.5 Å². The Labute approximate surface area is 121 Å². The number of carboxylic acids is 1. The number of carbonyl (C=O) groups is 2. The quantitative estimate of drug-likeness (QED) is 0.634. The molecule has 0 radical (unpaired) electrons. The SMILES string of the molecule is CC(CCCN)C(=O)NCC1(CC(=O)O)CCCCC1. The van der Waals surface area contributed by atoms with Crippen LogP contribution in [-0.2, 0) is 9.59 Å². The van der Waals surface area contributed by atoms with E-state index in [1.54, 1.807) is 0 Å². The number of carboxylic acid groups (broad SMARTS) is 1. The largest absolute Gasteiger partial charge is 0.481 e. The molecule has 0 heterocycles. The van der Waals surface area contributed by atoms with E-state index < -0.39 is 5.97 Å². The normalized spacial score (nSPS) is 19.3. The van der Waals surface area contributed by atoms with Crippen molar-refractivity contribution in [3.63, 3.8) is 0 Å². The summed E-state index contributed by atoms with van der Waals surface area (Å²) >= 11 is 0. The van der Waals surface area contributed by atoms with Gasteiger partial charge in [0.1, 0.15) is 0 Å². The van der Waals surface area contributed by atoms with Crippen LogP contribution in [0.1, 0.15) is 58.3 Å². The highest BCUT2D eigenvalue weighted by Crippen LogP contribution is 2.38. The van der Waals surface area contributed by atoms with Gasteiger partial charge in [-0.2, -0.15) is 0 Å². The third-order valence-electron chi connectivity index (χ3n) is 4.37. The van der Waals surface area contributed by atoms with Crippen molar-refractivity contribution in [2.45, 2.75) is 58.3 Å². The lowest BCUT2D eigenvalue weighted by Crippen LogP contribution is -2.42. The molecule has 1 amide bonds. The first-order valence-corrected chi connectivity index (χ1v) is 7.69. The predicted molar refractivity (Wildman–Crippen MR) is 78.2 cm³/mol. The van der Waals surface area contributed by atoms with Crippen LogP contribution in [0.2, 0.25) is 0 Å². The first-order chi connectivity index (χ1) is 9.49. The summed E-state index contributed by atoms with van der Waals surface area (Å²) in [7, 11) is 0. The zero-order valence-corrected chi connectivity index (χ0v) is 12.5. The second-order valence-electron chi connectivity index (χ2n) is 6.18. The predicted octanol–water partition coefficient (Wildman–Crippen LogP) is 1.90. The summed E-state index contributed by atoms with van der Waals surface area (Å²) in [4.78, 5) is 23.1. The average molecular weight is 284 g/mol. The van der Waals surface area contributed by atoms with Gasteiger partial charge in [-0.15, -0.1) is 0 Å². The van der Waals surface area contributed by atoms with Crippen molar-refractivity contribution in [3.05, 3.63) is 0 Å². The van der Waals surface area contributed by atoms with Gasteiger partial charge in [-0.05, 0) is 37.6 Å². The molecule has 1 saturated carbocycles. The van der Waals surface area contributed by atoms with Crippen LogP contribution in [0.15, 0.2) is 0 Å². The smallest absolute Gasteiger partial charge is 0.303 e. The van der Waals surface area contributed by atoms with Crippen LogP contribution in [0.4, 0.5) is 0 Å². The van der Waals surface area contributed by atoms with Gasteiger partial charge in [-0.25, -0.2) is 0 Å². The molecule has 4 N–H and O–H groups in total. The molecule has 0 aromatic carbocycles. The Kier molecular flexibility index (Phi) is 6.99. The van der Waals surface area contributed by atoms with Gasteiger partial charge in [0.2, 0.25) is 5.91 Å². The Morgan fingerprint density at radius 3 is 2.50 bits per heavy atom. The van der Waals surface area contributed by atoms with E-state index in [4.69, 9.17) is 10.8 Å². The van der Waals surface area contributed by atoms with E-state index >= 15 is 0 Å². The van der Waals surface area contributed by atoms with Crippen LogP contribution in [0, 0.1) is 11.3 Å². The van der Waals surface area contributed by atoms with Crippen molar-refractivity contribution in [3.8, 4) is 0 Å². The van der Waals surface area contributed by atoms with E-state index in [1.807, 2.05) is 6.92 Å². The fourth-order valence-corrected chi connectivity index (χ4v) is 3.04. The molecular formula is C15H28N2O3. The lowest BCUT2D eigenvalue weighted by atomic mass is 9.71. The van der Waals surface area contributed by atoms with Crippen molar-refractivity contribution >= 4 is 11.9 Å². The molecule has 116 valence electrons. The van der Waals surface area contributed by atoms with Crippen LogP contribution in [0.3, 0.4) is 0 Å². The molecule has 5 nitrogen and oxygen atoms in total. The molecule has 0 aromatic heterocycles. The second kappa shape index (κ2) is 8.25. The molecule has 0 bridgehead atoms. The number of nitrogens with two attached hydrogens (primary N) is 1. The number of amides is 1.